The predicted octanol–water partition coefficient (Wildman–Crippen LogP) is 1.60. The van der Waals surface area contributed by atoms with Gasteiger partial charge in [-0.25, -0.2) is 12.8 Å². The zero-order valence-corrected chi connectivity index (χ0v) is 12.2. The number of hydrogen-bond donors (Lipinski definition) is 1. The summed E-state index contributed by atoms with van der Waals surface area (Å²) in [5.41, 5.74) is 5.69. The first-order valence-electron chi connectivity index (χ1n) is 6.54. The van der Waals surface area contributed by atoms with Crippen LogP contribution in [0.2, 0.25) is 0 Å². The number of anilines is 1. The number of nitrogen functional groups attached to an aromatic ring is 1. The van der Waals surface area contributed by atoms with E-state index in [4.69, 9.17) is 10.5 Å². The van der Waals surface area contributed by atoms with E-state index < -0.39 is 15.8 Å². The minimum Gasteiger partial charge on any atom is -0.398 e. The van der Waals surface area contributed by atoms with Gasteiger partial charge in [-0.3, -0.25) is 0 Å². The van der Waals surface area contributed by atoms with E-state index in [1.165, 1.54) is 17.4 Å². The number of rotatable bonds is 4. The van der Waals surface area contributed by atoms with E-state index in [-0.39, 0.29) is 23.2 Å². The van der Waals surface area contributed by atoms with Crippen LogP contribution in [0.1, 0.15) is 19.3 Å². The molecule has 1 saturated heterocycles. The van der Waals surface area contributed by atoms with Crippen LogP contribution < -0.4 is 5.73 Å². The van der Waals surface area contributed by atoms with Crippen molar-refractivity contribution >= 4 is 15.7 Å². The first-order valence-corrected chi connectivity index (χ1v) is 7.98. The molecule has 0 amide bonds. The van der Waals surface area contributed by atoms with Crippen molar-refractivity contribution in [1.82, 2.24) is 4.31 Å². The Balaban J connectivity index is 2.18. The minimum atomic E-state index is -3.80. The molecule has 1 heterocycles. The van der Waals surface area contributed by atoms with Gasteiger partial charge in [-0.05, 0) is 37.5 Å². The lowest BCUT2D eigenvalue weighted by Gasteiger charge is -2.27. The molecule has 0 bridgehead atoms. The molecule has 112 valence electrons. The van der Waals surface area contributed by atoms with E-state index in [9.17, 15) is 12.8 Å². The number of hydrogen-bond acceptors (Lipinski definition) is 4. The van der Waals surface area contributed by atoms with Crippen LogP contribution in [0.4, 0.5) is 10.1 Å². The second-order valence-corrected chi connectivity index (χ2v) is 6.97. The Labute approximate surface area is 118 Å². The first-order chi connectivity index (χ1) is 9.41. The number of halogens is 1. The van der Waals surface area contributed by atoms with Crippen molar-refractivity contribution in [2.75, 3.05) is 25.9 Å². The second kappa shape index (κ2) is 6.07. The van der Waals surface area contributed by atoms with E-state index >= 15 is 0 Å². The highest BCUT2D eigenvalue weighted by molar-refractivity contribution is 7.89. The summed E-state index contributed by atoms with van der Waals surface area (Å²) in [6, 6.07) is 3.34. The van der Waals surface area contributed by atoms with Crippen molar-refractivity contribution < 1.29 is 17.5 Å². The number of benzene rings is 1. The van der Waals surface area contributed by atoms with Gasteiger partial charge in [0, 0.05) is 20.2 Å². The lowest BCUT2D eigenvalue weighted by molar-refractivity contribution is 0.00859. The summed E-state index contributed by atoms with van der Waals surface area (Å²) >= 11 is 0. The highest BCUT2D eigenvalue weighted by Crippen LogP contribution is 2.24. The third-order valence-corrected chi connectivity index (χ3v) is 5.28. The fourth-order valence-electron chi connectivity index (χ4n) is 2.24. The Kier molecular flexibility index (Phi) is 4.62. The van der Waals surface area contributed by atoms with Crippen LogP contribution in [-0.2, 0) is 14.8 Å². The highest BCUT2D eigenvalue weighted by atomic mass is 32.2. The van der Waals surface area contributed by atoms with E-state index in [0.29, 0.717) is 6.61 Å². The van der Waals surface area contributed by atoms with Gasteiger partial charge in [-0.1, -0.05) is 0 Å². The van der Waals surface area contributed by atoms with Crippen molar-refractivity contribution in [2.45, 2.75) is 30.3 Å². The zero-order chi connectivity index (χ0) is 14.8. The topological polar surface area (TPSA) is 72.6 Å². The molecule has 1 aromatic carbocycles. The summed E-state index contributed by atoms with van der Waals surface area (Å²) in [5, 5.41) is 0. The Morgan fingerprint density at radius 1 is 1.45 bits per heavy atom. The van der Waals surface area contributed by atoms with Crippen molar-refractivity contribution in [3.8, 4) is 0 Å². The van der Waals surface area contributed by atoms with Gasteiger partial charge in [-0.15, -0.1) is 0 Å². The molecule has 0 saturated carbocycles. The molecule has 1 aliphatic heterocycles. The van der Waals surface area contributed by atoms with Crippen molar-refractivity contribution in [1.29, 1.82) is 0 Å². The van der Waals surface area contributed by atoms with Crippen LogP contribution in [0.5, 0.6) is 0 Å². The van der Waals surface area contributed by atoms with Crippen LogP contribution in [0, 0.1) is 5.82 Å². The van der Waals surface area contributed by atoms with E-state index in [1.807, 2.05) is 0 Å². The minimum absolute atomic E-state index is 0.0443. The summed E-state index contributed by atoms with van der Waals surface area (Å²) < 4.78 is 44.7. The number of ether oxygens (including phenoxy) is 1. The molecule has 5 nitrogen and oxygen atoms in total. The van der Waals surface area contributed by atoms with E-state index in [2.05, 4.69) is 0 Å². The number of nitrogens with zero attached hydrogens (tertiary/aromatic N) is 1. The van der Waals surface area contributed by atoms with Gasteiger partial charge >= 0.3 is 0 Å². The van der Waals surface area contributed by atoms with Crippen LogP contribution in [0.25, 0.3) is 0 Å². The standard InChI is InChI=1S/C13H19FN2O3S/c1-16(9-11-4-2-3-7-19-11)20(17,18)13-8-10(14)5-6-12(13)15/h5-6,8,11H,2-4,7,9,15H2,1H3. The quantitative estimate of drug-likeness (QED) is 0.857. The third-order valence-electron chi connectivity index (χ3n) is 3.40. The summed E-state index contributed by atoms with van der Waals surface area (Å²) in [6.45, 7) is 0.902. The Morgan fingerprint density at radius 2 is 2.20 bits per heavy atom. The lowest BCUT2D eigenvalue weighted by atomic mass is 10.1. The van der Waals surface area contributed by atoms with Crippen LogP contribution in [-0.4, -0.2) is 39.0 Å². The van der Waals surface area contributed by atoms with Crippen LogP contribution in [0.3, 0.4) is 0 Å². The number of sulfonamides is 1. The molecule has 2 N–H and O–H groups in total. The number of nitrogens with two attached hydrogens (primary N) is 1. The Bertz CT molecular complexity index is 571. The molecule has 1 atom stereocenters. The molecule has 0 radical (unpaired) electrons. The average Bonchev–Trinajstić information content (AvgIpc) is 2.42. The highest BCUT2D eigenvalue weighted by Gasteiger charge is 2.27. The van der Waals surface area contributed by atoms with Gasteiger partial charge in [0.1, 0.15) is 10.7 Å². The van der Waals surface area contributed by atoms with E-state index in [1.54, 1.807) is 0 Å². The maximum absolute atomic E-state index is 13.2. The maximum atomic E-state index is 13.2. The molecule has 0 spiro atoms. The molecule has 2 rings (SSSR count). The van der Waals surface area contributed by atoms with Crippen LogP contribution in [0.15, 0.2) is 23.1 Å². The fourth-order valence-corrected chi connectivity index (χ4v) is 3.56. The summed E-state index contributed by atoms with van der Waals surface area (Å²) in [7, 11) is -2.35. The third kappa shape index (κ3) is 3.28. The molecule has 0 aliphatic carbocycles. The molecule has 7 heteroatoms. The molecule has 1 aromatic rings. The molecular weight excluding hydrogens is 283 g/mol. The van der Waals surface area contributed by atoms with E-state index in [0.717, 1.165) is 31.4 Å². The second-order valence-electron chi connectivity index (χ2n) is 4.96. The van der Waals surface area contributed by atoms with Gasteiger partial charge in [0.25, 0.3) is 0 Å². The molecule has 1 aliphatic rings. The largest absolute Gasteiger partial charge is 0.398 e. The van der Waals surface area contributed by atoms with Crippen molar-refractivity contribution in [3.63, 3.8) is 0 Å². The molecular formula is C13H19FN2O3S. The molecule has 20 heavy (non-hydrogen) atoms. The zero-order valence-electron chi connectivity index (χ0n) is 11.4. The fraction of sp³-hybridized carbons (Fsp3) is 0.538. The van der Waals surface area contributed by atoms with Crippen LogP contribution >= 0.6 is 0 Å². The van der Waals surface area contributed by atoms with Gasteiger partial charge < -0.3 is 10.5 Å². The molecule has 0 aromatic heterocycles. The first kappa shape index (κ1) is 15.2. The van der Waals surface area contributed by atoms with Crippen molar-refractivity contribution in [3.05, 3.63) is 24.0 Å². The Hall–Kier alpha value is -1.18. The maximum Gasteiger partial charge on any atom is 0.245 e. The summed E-state index contributed by atoms with van der Waals surface area (Å²) in [6.07, 6.45) is 2.75. The SMILES string of the molecule is CN(CC1CCCCO1)S(=O)(=O)c1cc(F)ccc1N. The van der Waals surface area contributed by atoms with Gasteiger partial charge in [0.05, 0.1) is 11.8 Å². The molecule has 1 fully saturated rings. The smallest absolute Gasteiger partial charge is 0.245 e. The monoisotopic (exact) mass is 302 g/mol. The molecule has 1 unspecified atom stereocenters. The average molecular weight is 302 g/mol. The van der Waals surface area contributed by atoms with Gasteiger partial charge in [-0.2, -0.15) is 4.31 Å². The Morgan fingerprint density at radius 3 is 2.85 bits per heavy atom. The normalized spacial score (nSPS) is 20.2. The summed E-state index contributed by atoms with van der Waals surface area (Å²) in [5.74, 6) is -0.625. The lowest BCUT2D eigenvalue weighted by Crippen LogP contribution is -2.37. The van der Waals surface area contributed by atoms with Crippen molar-refractivity contribution in [2.24, 2.45) is 0 Å². The number of likely N-dealkylation sites (N-methyl/N-ethyl adjacent to an activating group) is 1. The summed E-state index contributed by atoms with van der Waals surface area (Å²) in [4.78, 5) is -0.198. The predicted molar refractivity (Wildman–Crippen MR) is 74.2 cm³/mol. The van der Waals surface area contributed by atoms with Gasteiger partial charge in [0.2, 0.25) is 10.0 Å². The van der Waals surface area contributed by atoms with Gasteiger partial charge in [0.15, 0.2) is 0 Å².